The van der Waals surface area contributed by atoms with E-state index in [1.54, 1.807) is 0 Å². The van der Waals surface area contributed by atoms with Gasteiger partial charge < -0.3 is 29.4 Å². The molecule has 3 aliphatic heterocycles. The highest BCUT2D eigenvalue weighted by atomic mass is 16.9. The van der Waals surface area contributed by atoms with Gasteiger partial charge in [-0.15, -0.1) is 0 Å². The van der Waals surface area contributed by atoms with Gasteiger partial charge in [0, 0.05) is 6.04 Å². The lowest BCUT2D eigenvalue weighted by Gasteiger charge is -2.40. The number of ether oxygens (including phenoxy) is 5. The van der Waals surface area contributed by atoms with Gasteiger partial charge in [-0.3, -0.25) is 0 Å². The van der Waals surface area contributed by atoms with Crippen LogP contribution in [0.5, 0.6) is 0 Å². The Morgan fingerprint density at radius 2 is 1.33 bits per heavy atom. The first-order valence-corrected chi connectivity index (χ1v) is 7.72. The Morgan fingerprint density at radius 1 is 0.810 bits per heavy atom. The number of nitrogens with two attached hydrogens (primary N) is 1. The Labute approximate surface area is 126 Å². The molecule has 0 aromatic carbocycles. The van der Waals surface area contributed by atoms with Crippen LogP contribution in [0.15, 0.2) is 0 Å². The molecule has 3 fully saturated rings. The van der Waals surface area contributed by atoms with E-state index in [0.717, 1.165) is 0 Å². The number of rotatable bonds is 2. The first-order valence-electron chi connectivity index (χ1n) is 7.72. The van der Waals surface area contributed by atoms with E-state index >= 15 is 0 Å². The van der Waals surface area contributed by atoms with Crippen molar-refractivity contribution >= 4 is 0 Å². The second kappa shape index (κ2) is 4.88. The van der Waals surface area contributed by atoms with Crippen LogP contribution in [0.1, 0.15) is 41.5 Å². The molecule has 0 unspecified atom stereocenters. The normalized spacial score (nSPS) is 45.4. The van der Waals surface area contributed by atoms with Crippen LogP contribution < -0.4 is 5.73 Å². The molecular formula is C15H27NO5. The zero-order chi connectivity index (χ0) is 15.6. The van der Waals surface area contributed by atoms with Crippen LogP contribution in [0.4, 0.5) is 0 Å². The van der Waals surface area contributed by atoms with E-state index in [-0.39, 0.29) is 36.4 Å². The lowest BCUT2D eigenvalue weighted by Crippen LogP contribution is -2.61. The van der Waals surface area contributed by atoms with Gasteiger partial charge in [0.15, 0.2) is 17.9 Å². The maximum atomic E-state index is 6.33. The van der Waals surface area contributed by atoms with Crippen molar-refractivity contribution in [1.29, 1.82) is 0 Å². The molecular weight excluding hydrogens is 274 g/mol. The first-order chi connectivity index (χ1) is 9.60. The molecule has 3 heterocycles. The minimum atomic E-state index is -0.688. The molecule has 6 atom stereocenters. The molecule has 0 radical (unpaired) electrons. The molecule has 3 saturated heterocycles. The fourth-order valence-electron chi connectivity index (χ4n) is 3.33. The highest BCUT2D eigenvalue weighted by Crippen LogP contribution is 2.44. The van der Waals surface area contributed by atoms with E-state index in [1.165, 1.54) is 0 Å². The summed E-state index contributed by atoms with van der Waals surface area (Å²) in [5.74, 6) is -1.08. The van der Waals surface area contributed by atoms with Gasteiger partial charge in [0.1, 0.15) is 24.4 Å². The summed E-state index contributed by atoms with van der Waals surface area (Å²) in [5.41, 5.74) is 6.33. The van der Waals surface area contributed by atoms with E-state index in [0.29, 0.717) is 0 Å². The van der Waals surface area contributed by atoms with Crippen LogP contribution in [0, 0.1) is 5.92 Å². The van der Waals surface area contributed by atoms with Crippen molar-refractivity contribution in [1.82, 2.24) is 0 Å². The Kier molecular flexibility index (Phi) is 3.63. The van der Waals surface area contributed by atoms with Gasteiger partial charge in [0.25, 0.3) is 0 Å². The van der Waals surface area contributed by atoms with Crippen molar-refractivity contribution in [2.75, 3.05) is 0 Å². The standard InChI is InChI=1S/C15H27NO5/c1-7(2)8(16)9-10-11(19-14(3,4)18-10)12-13(17-9)21-15(5,6)20-12/h7-13H,16H2,1-6H3/t8-,9+,10-,11-,12+,13+/m0/s1. The molecule has 122 valence electrons. The molecule has 6 nitrogen and oxygen atoms in total. The average molecular weight is 301 g/mol. The average Bonchev–Trinajstić information content (AvgIpc) is 2.81. The summed E-state index contributed by atoms with van der Waals surface area (Å²) in [6.07, 6.45) is -1.49. The zero-order valence-corrected chi connectivity index (χ0v) is 13.7. The van der Waals surface area contributed by atoms with Crippen molar-refractivity contribution in [2.45, 2.75) is 89.9 Å². The number of hydrogen-bond acceptors (Lipinski definition) is 6. The Bertz CT molecular complexity index is 400. The molecule has 21 heavy (non-hydrogen) atoms. The van der Waals surface area contributed by atoms with Crippen molar-refractivity contribution in [2.24, 2.45) is 11.7 Å². The highest BCUT2D eigenvalue weighted by molar-refractivity contribution is 5.03. The summed E-state index contributed by atoms with van der Waals surface area (Å²) in [5, 5.41) is 0. The topological polar surface area (TPSA) is 72.2 Å². The lowest BCUT2D eigenvalue weighted by molar-refractivity contribution is -0.239. The zero-order valence-electron chi connectivity index (χ0n) is 13.7. The molecule has 3 rings (SSSR count). The largest absolute Gasteiger partial charge is 0.342 e. The predicted molar refractivity (Wildman–Crippen MR) is 75.3 cm³/mol. The van der Waals surface area contributed by atoms with E-state index in [2.05, 4.69) is 13.8 Å². The second-order valence-electron chi connectivity index (χ2n) is 7.46. The summed E-state index contributed by atoms with van der Waals surface area (Å²) >= 11 is 0. The molecule has 0 aromatic rings. The third kappa shape index (κ3) is 2.73. The molecule has 2 N–H and O–H groups in total. The fraction of sp³-hybridized carbons (Fsp3) is 1.00. The van der Waals surface area contributed by atoms with Crippen molar-refractivity contribution in [3.63, 3.8) is 0 Å². The Hall–Kier alpha value is -0.240. The third-order valence-corrected chi connectivity index (χ3v) is 4.34. The van der Waals surface area contributed by atoms with Gasteiger partial charge in [-0.2, -0.15) is 0 Å². The van der Waals surface area contributed by atoms with Crippen molar-refractivity contribution in [3.8, 4) is 0 Å². The van der Waals surface area contributed by atoms with E-state index in [4.69, 9.17) is 29.4 Å². The van der Waals surface area contributed by atoms with E-state index < -0.39 is 17.9 Å². The van der Waals surface area contributed by atoms with Gasteiger partial charge in [-0.05, 0) is 33.6 Å². The molecule has 0 aromatic heterocycles. The fourth-order valence-corrected chi connectivity index (χ4v) is 3.33. The summed E-state index contributed by atoms with van der Waals surface area (Å²) in [6, 6.07) is -0.150. The molecule has 0 spiro atoms. The second-order valence-corrected chi connectivity index (χ2v) is 7.46. The molecule has 6 heteroatoms. The molecule has 3 aliphatic rings. The van der Waals surface area contributed by atoms with Gasteiger partial charge in [-0.1, -0.05) is 13.8 Å². The highest BCUT2D eigenvalue weighted by Gasteiger charge is 2.61. The number of hydrogen-bond donors (Lipinski definition) is 1. The third-order valence-electron chi connectivity index (χ3n) is 4.34. The van der Waals surface area contributed by atoms with E-state index in [1.807, 2.05) is 27.7 Å². The molecule has 0 saturated carbocycles. The minimum Gasteiger partial charge on any atom is -0.342 e. The van der Waals surface area contributed by atoms with Crippen molar-refractivity contribution in [3.05, 3.63) is 0 Å². The van der Waals surface area contributed by atoms with Crippen LogP contribution in [0.3, 0.4) is 0 Å². The smallest absolute Gasteiger partial charge is 0.190 e. The summed E-state index contributed by atoms with van der Waals surface area (Å²) < 4.78 is 30.0. The SMILES string of the molecule is CC(C)[C@H](N)[C@H]1O[C@@H]2OC(C)(C)O[C@@H]2[C@H]2OC(C)(C)O[C@H]21. The van der Waals surface area contributed by atoms with Crippen LogP contribution in [0.25, 0.3) is 0 Å². The minimum absolute atomic E-state index is 0.150. The van der Waals surface area contributed by atoms with Crippen LogP contribution in [0.2, 0.25) is 0 Å². The van der Waals surface area contributed by atoms with Gasteiger partial charge in [-0.25, -0.2) is 0 Å². The lowest BCUT2D eigenvalue weighted by atomic mass is 9.89. The summed E-state index contributed by atoms with van der Waals surface area (Å²) in [7, 11) is 0. The predicted octanol–water partition coefficient (Wildman–Crippen LogP) is 1.37. The van der Waals surface area contributed by atoms with Crippen molar-refractivity contribution < 1.29 is 23.7 Å². The summed E-state index contributed by atoms with van der Waals surface area (Å²) in [4.78, 5) is 0. The maximum absolute atomic E-state index is 6.33. The van der Waals surface area contributed by atoms with Crippen LogP contribution in [-0.4, -0.2) is 48.3 Å². The first kappa shape index (κ1) is 15.6. The van der Waals surface area contributed by atoms with Crippen LogP contribution >= 0.6 is 0 Å². The summed E-state index contributed by atoms with van der Waals surface area (Å²) in [6.45, 7) is 11.7. The van der Waals surface area contributed by atoms with Crippen LogP contribution in [-0.2, 0) is 23.7 Å². The van der Waals surface area contributed by atoms with Gasteiger partial charge >= 0.3 is 0 Å². The monoisotopic (exact) mass is 301 g/mol. The molecule has 0 bridgehead atoms. The van der Waals surface area contributed by atoms with Gasteiger partial charge in [0.2, 0.25) is 0 Å². The van der Waals surface area contributed by atoms with E-state index in [9.17, 15) is 0 Å². The van der Waals surface area contributed by atoms with Gasteiger partial charge in [0.05, 0.1) is 0 Å². The number of fused-ring (bicyclic) bond motifs is 3. The Morgan fingerprint density at radius 3 is 1.95 bits per heavy atom. The maximum Gasteiger partial charge on any atom is 0.190 e. The molecule has 0 amide bonds. The Balaban J connectivity index is 1.88. The molecule has 0 aliphatic carbocycles. The quantitative estimate of drug-likeness (QED) is 0.830.